The number of amides is 1. The van der Waals surface area contributed by atoms with Crippen LogP contribution >= 0.6 is 0 Å². The van der Waals surface area contributed by atoms with E-state index < -0.39 is 12.8 Å². The van der Waals surface area contributed by atoms with Crippen LogP contribution in [0.15, 0.2) is 78.4 Å². The first-order valence-corrected chi connectivity index (χ1v) is 17.6. The van der Waals surface area contributed by atoms with Gasteiger partial charge in [0.1, 0.15) is 5.75 Å². The third-order valence-corrected chi connectivity index (χ3v) is 9.75. The van der Waals surface area contributed by atoms with Crippen molar-refractivity contribution in [3.63, 3.8) is 0 Å². The van der Waals surface area contributed by atoms with Crippen LogP contribution in [-0.4, -0.2) is 18.7 Å². The lowest BCUT2D eigenvalue weighted by Gasteiger charge is -2.39. The number of anilines is 1. The van der Waals surface area contributed by atoms with Crippen molar-refractivity contribution in [3.8, 4) is 28.7 Å². The standard InChI is InChI=1S/C43H48F3NO2/c1-8-10-11-23-42(6,7)34-17-19-35(20-18-34)47-40-33(26-37(28(3)4)41(47)48)14-12-13-29(5)36-21-15-32(25-38(36)40)31-16-22-39(30(9-2)24-31)49-27-43(44,45)46/h12,14-22,24-25,28-29,37H,8-10,13,26-27H2,1-7H3. The van der Waals surface area contributed by atoms with E-state index in [4.69, 9.17) is 4.74 Å². The van der Waals surface area contributed by atoms with Crippen molar-refractivity contribution in [3.05, 3.63) is 101 Å². The largest absolute Gasteiger partial charge is 0.484 e. The molecule has 3 aromatic carbocycles. The van der Waals surface area contributed by atoms with Gasteiger partial charge in [0.15, 0.2) is 6.61 Å². The Balaban J connectivity index is 1.64. The zero-order valence-corrected chi connectivity index (χ0v) is 29.8. The lowest BCUT2D eigenvalue weighted by atomic mass is 9.78. The molecule has 1 aliphatic heterocycles. The van der Waals surface area contributed by atoms with Crippen LogP contribution in [0.2, 0.25) is 0 Å². The van der Waals surface area contributed by atoms with Crippen LogP contribution in [0.3, 0.4) is 0 Å². The maximum Gasteiger partial charge on any atom is 0.422 e. The lowest BCUT2D eigenvalue weighted by molar-refractivity contribution is -0.153. The molecule has 3 nitrogen and oxygen atoms in total. The van der Waals surface area contributed by atoms with Crippen molar-refractivity contribution >= 4 is 17.3 Å². The van der Waals surface area contributed by atoms with E-state index in [2.05, 4.69) is 95.9 Å². The second-order valence-corrected chi connectivity index (χ2v) is 14.2. The van der Waals surface area contributed by atoms with Gasteiger partial charge in [-0.15, -0.1) is 5.92 Å². The van der Waals surface area contributed by atoms with Crippen molar-refractivity contribution in [1.82, 2.24) is 0 Å². The van der Waals surface area contributed by atoms with Crippen LogP contribution in [0.4, 0.5) is 18.9 Å². The summed E-state index contributed by atoms with van der Waals surface area (Å²) in [6.07, 6.45) is 3.96. The molecule has 2 unspecified atom stereocenters. The summed E-state index contributed by atoms with van der Waals surface area (Å²) in [7, 11) is 0. The van der Waals surface area contributed by atoms with Gasteiger partial charge in [0.2, 0.25) is 5.91 Å². The molecule has 0 fully saturated rings. The highest BCUT2D eigenvalue weighted by Gasteiger charge is 2.39. The number of unbranched alkanes of at least 4 members (excludes halogenated alkanes) is 1. The van der Waals surface area contributed by atoms with Crippen LogP contribution in [0.5, 0.6) is 5.75 Å². The molecule has 2 atom stereocenters. The Morgan fingerprint density at radius 3 is 2.33 bits per heavy atom. The average Bonchev–Trinajstić information content (AvgIpc) is 3.06. The van der Waals surface area contributed by atoms with Crippen molar-refractivity contribution in [1.29, 1.82) is 0 Å². The van der Waals surface area contributed by atoms with E-state index in [1.54, 1.807) is 6.07 Å². The molecule has 0 radical (unpaired) electrons. The number of rotatable bonds is 8. The molecule has 1 aliphatic carbocycles. The highest BCUT2D eigenvalue weighted by molar-refractivity contribution is 6.10. The maximum absolute atomic E-state index is 14.5. The van der Waals surface area contributed by atoms with Gasteiger partial charge in [-0.1, -0.05) is 83.0 Å². The number of ether oxygens (including phenoxy) is 1. The highest BCUT2D eigenvalue weighted by Crippen LogP contribution is 2.45. The van der Waals surface area contributed by atoms with Gasteiger partial charge in [0.05, 0.1) is 11.1 Å². The Morgan fingerprint density at radius 2 is 1.67 bits per heavy atom. The minimum atomic E-state index is -4.41. The molecule has 3 aromatic rings. The molecule has 258 valence electrons. The Bertz CT molecular complexity index is 1800. The second-order valence-electron chi connectivity index (χ2n) is 14.2. The van der Waals surface area contributed by atoms with Crippen molar-refractivity contribution in [2.75, 3.05) is 11.5 Å². The minimum Gasteiger partial charge on any atom is -0.484 e. The van der Waals surface area contributed by atoms with Gasteiger partial charge in [0.25, 0.3) is 0 Å². The number of halogens is 3. The predicted octanol–water partition coefficient (Wildman–Crippen LogP) is 11.4. The third kappa shape index (κ3) is 7.99. The molecule has 6 heteroatoms. The number of aryl methyl sites for hydroxylation is 1. The first-order valence-electron chi connectivity index (χ1n) is 17.6. The van der Waals surface area contributed by atoms with E-state index >= 15 is 0 Å². The van der Waals surface area contributed by atoms with Crippen LogP contribution in [0.25, 0.3) is 16.8 Å². The average molecular weight is 668 g/mol. The predicted molar refractivity (Wildman–Crippen MR) is 194 cm³/mol. The number of hydrogen-bond donors (Lipinski definition) is 0. The quantitative estimate of drug-likeness (QED) is 0.224. The molecule has 0 saturated heterocycles. The van der Waals surface area contributed by atoms with E-state index in [0.717, 1.165) is 64.0 Å². The summed E-state index contributed by atoms with van der Waals surface area (Å²) in [6.45, 7) is 13.4. The number of nitrogens with zero attached hydrogens (tertiary/aromatic N) is 1. The Kier molecular flexibility index (Phi) is 10.8. The van der Waals surface area contributed by atoms with Crippen LogP contribution < -0.4 is 9.64 Å². The van der Waals surface area contributed by atoms with Crippen LogP contribution in [0, 0.1) is 23.7 Å². The number of alkyl halides is 3. The highest BCUT2D eigenvalue weighted by atomic mass is 19.4. The van der Waals surface area contributed by atoms with Crippen LogP contribution in [0.1, 0.15) is 102 Å². The van der Waals surface area contributed by atoms with Crippen molar-refractivity contribution < 1.29 is 22.7 Å². The Hall–Kier alpha value is -4.24. The number of fused-ring (bicyclic) bond motifs is 2. The number of benzene rings is 3. The molecule has 1 amide bonds. The Morgan fingerprint density at radius 1 is 0.980 bits per heavy atom. The maximum atomic E-state index is 14.5. The van der Waals surface area contributed by atoms with Crippen LogP contribution in [-0.2, 0) is 16.6 Å². The van der Waals surface area contributed by atoms with Gasteiger partial charge in [-0.05, 0) is 115 Å². The van der Waals surface area contributed by atoms with Gasteiger partial charge in [0, 0.05) is 23.6 Å². The van der Waals surface area contributed by atoms with Crippen molar-refractivity contribution in [2.45, 2.75) is 98.1 Å². The summed E-state index contributed by atoms with van der Waals surface area (Å²) in [5, 5.41) is 0. The van der Waals surface area contributed by atoms with E-state index in [1.807, 2.05) is 36.1 Å². The fourth-order valence-corrected chi connectivity index (χ4v) is 6.81. The first kappa shape index (κ1) is 36.1. The summed E-state index contributed by atoms with van der Waals surface area (Å²) in [4.78, 5) is 16.5. The summed E-state index contributed by atoms with van der Waals surface area (Å²) < 4.78 is 43.9. The SMILES string of the molecule is CCCC#CC(C)(C)c1ccc(N2C(=O)C(C(C)C)CC3=C2c2cc(-c4ccc(OCC(F)(F)F)c(CC)c4)ccc2C(C)CC=C3)cc1. The fraction of sp³-hybridized carbons (Fsp3) is 0.419. The van der Waals surface area contributed by atoms with E-state index in [1.165, 1.54) is 0 Å². The molecule has 49 heavy (non-hydrogen) atoms. The molecule has 2 aliphatic rings. The van der Waals surface area contributed by atoms with Gasteiger partial charge in [-0.25, -0.2) is 0 Å². The molecule has 1 heterocycles. The van der Waals surface area contributed by atoms with E-state index in [9.17, 15) is 18.0 Å². The molecular weight excluding hydrogens is 619 g/mol. The summed E-state index contributed by atoms with van der Waals surface area (Å²) in [5.41, 5.74) is 8.31. The molecule has 0 N–H and O–H groups in total. The molecular formula is C43H48F3NO2. The molecule has 0 aromatic heterocycles. The van der Waals surface area contributed by atoms with Gasteiger partial charge in [-0.3, -0.25) is 9.69 Å². The summed E-state index contributed by atoms with van der Waals surface area (Å²) in [6, 6.07) is 20.0. The molecule has 0 bridgehead atoms. The minimum absolute atomic E-state index is 0.0842. The zero-order valence-electron chi connectivity index (χ0n) is 29.8. The third-order valence-electron chi connectivity index (χ3n) is 9.75. The Labute approximate surface area is 290 Å². The molecule has 5 rings (SSSR count). The number of hydrogen-bond acceptors (Lipinski definition) is 2. The molecule has 0 spiro atoms. The van der Waals surface area contributed by atoms with E-state index in [-0.39, 0.29) is 34.8 Å². The van der Waals surface area contributed by atoms with Crippen molar-refractivity contribution in [2.24, 2.45) is 11.8 Å². The van der Waals surface area contributed by atoms with E-state index in [0.29, 0.717) is 18.4 Å². The lowest BCUT2D eigenvalue weighted by Crippen LogP contribution is -2.42. The summed E-state index contributed by atoms with van der Waals surface area (Å²) in [5.74, 6) is 7.25. The normalized spacial score (nSPS) is 18.0. The second kappa shape index (κ2) is 14.7. The zero-order chi connectivity index (χ0) is 35.5. The monoisotopic (exact) mass is 667 g/mol. The molecule has 0 saturated carbocycles. The number of allylic oxidation sites excluding steroid dienone is 3. The van der Waals surface area contributed by atoms with Gasteiger partial charge in [-0.2, -0.15) is 13.2 Å². The summed E-state index contributed by atoms with van der Waals surface area (Å²) >= 11 is 0. The van der Waals surface area contributed by atoms with Gasteiger partial charge >= 0.3 is 6.18 Å². The fourth-order valence-electron chi connectivity index (χ4n) is 6.81. The first-order chi connectivity index (χ1) is 23.2. The number of carbonyl (C=O) groups is 1. The number of carbonyl (C=O) groups excluding carboxylic acids is 1. The van der Waals surface area contributed by atoms with Gasteiger partial charge < -0.3 is 4.74 Å². The smallest absolute Gasteiger partial charge is 0.422 e. The topological polar surface area (TPSA) is 29.5 Å².